The first kappa shape index (κ1) is 32.5. The summed E-state index contributed by atoms with van der Waals surface area (Å²) in [7, 11) is 1.54. The number of hydrogen-bond donors (Lipinski definition) is 3. The summed E-state index contributed by atoms with van der Waals surface area (Å²) >= 11 is 0. The Morgan fingerprint density at radius 1 is 0.977 bits per heavy atom. The van der Waals surface area contributed by atoms with Gasteiger partial charge < -0.3 is 30.1 Å². The van der Waals surface area contributed by atoms with Gasteiger partial charge in [-0.05, 0) is 82.1 Å². The van der Waals surface area contributed by atoms with Crippen LogP contribution in [0.15, 0.2) is 66.7 Å². The lowest BCUT2D eigenvalue weighted by molar-refractivity contribution is -0.140. The van der Waals surface area contributed by atoms with Gasteiger partial charge in [-0.3, -0.25) is 9.59 Å². The Bertz CT molecular complexity index is 1450. The van der Waals surface area contributed by atoms with Gasteiger partial charge in [-0.2, -0.15) is 5.26 Å². The molecule has 0 radical (unpaired) electrons. The Morgan fingerprint density at radius 3 is 2.12 bits per heavy atom. The lowest BCUT2D eigenvalue weighted by Gasteiger charge is -2.33. The molecule has 226 valence electrons. The summed E-state index contributed by atoms with van der Waals surface area (Å²) in [6.45, 7) is 8.42. The molecular weight excluding hydrogens is 548 g/mol. The monoisotopic (exact) mass is 586 g/mol. The molecule has 0 aliphatic rings. The van der Waals surface area contributed by atoms with E-state index in [1.807, 2.05) is 26.0 Å². The molecule has 0 fully saturated rings. The maximum atomic E-state index is 14.3. The molecule has 3 rings (SSSR count). The molecule has 2 atom stereocenters. The van der Waals surface area contributed by atoms with Gasteiger partial charge in [-0.1, -0.05) is 41.5 Å². The average Bonchev–Trinajstić information content (AvgIpc) is 2.92. The summed E-state index contributed by atoms with van der Waals surface area (Å²) in [5.74, 6) is -0.549. The van der Waals surface area contributed by atoms with Crippen molar-refractivity contribution in [2.75, 3.05) is 19.0 Å². The maximum absolute atomic E-state index is 14.3. The third-order valence-electron chi connectivity index (χ3n) is 6.37. The smallest absolute Gasteiger partial charge is 0.408 e. The van der Waals surface area contributed by atoms with Gasteiger partial charge in [0.1, 0.15) is 35.7 Å². The van der Waals surface area contributed by atoms with Gasteiger partial charge in [-0.15, -0.1) is 0 Å². The number of aromatic hydroxyl groups is 1. The number of amides is 3. The molecule has 0 saturated carbocycles. The molecule has 0 aliphatic carbocycles. The minimum atomic E-state index is -1.21. The van der Waals surface area contributed by atoms with E-state index >= 15 is 0 Å². The van der Waals surface area contributed by atoms with Crippen LogP contribution in [0.25, 0.3) is 0 Å². The van der Waals surface area contributed by atoms with Crippen LogP contribution in [0.5, 0.6) is 11.5 Å². The number of carbonyl (C=O) groups excluding carboxylic acids is 3. The predicted octanol–water partition coefficient (Wildman–Crippen LogP) is 5.19. The van der Waals surface area contributed by atoms with Crippen LogP contribution in [-0.4, -0.2) is 53.2 Å². The number of phenolic OH excluding ortho intramolecular Hbond substituents is 1. The predicted molar refractivity (Wildman–Crippen MR) is 163 cm³/mol. The van der Waals surface area contributed by atoms with Crippen molar-refractivity contribution in [2.45, 2.75) is 58.7 Å². The van der Waals surface area contributed by atoms with Crippen LogP contribution in [0.3, 0.4) is 0 Å². The number of nitrogens with zero attached hydrogens (tertiary/aromatic N) is 2. The average molecular weight is 587 g/mol. The van der Waals surface area contributed by atoms with Crippen LogP contribution in [0, 0.1) is 25.2 Å². The quantitative estimate of drug-likeness (QED) is 0.278. The molecule has 10 heteroatoms. The van der Waals surface area contributed by atoms with Crippen molar-refractivity contribution >= 4 is 23.6 Å². The van der Waals surface area contributed by atoms with E-state index < -0.39 is 42.1 Å². The fourth-order valence-corrected chi connectivity index (χ4v) is 4.62. The second kappa shape index (κ2) is 14.2. The van der Waals surface area contributed by atoms with E-state index in [1.165, 1.54) is 19.2 Å². The van der Waals surface area contributed by atoms with Crippen molar-refractivity contribution < 1.29 is 29.0 Å². The number of aryl methyl sites for hydroxylation is 2. The second-order valence-corrected chi connectivity index (χ2v) is 11.2. The second-order valence-electron chi connectivity index (χ2n) is 11.2. The third-order valence-corrected chi connectivity index (χ3v) is 6.37. The highest BCUT2D eigenvalue weighted by Crippen LogP contribution is 2.27. The molecule has 3 N–H and O–H groups in total. The number of nitrogens with one attached hydrogen (secondary N) is 2. The van der Waals surface area contributed by atoms with E-state index in [2.05, 4.69) is 10.6 Å². The van der Waals surface area contributed by atoms with Gasteiger partial charge in [0.2, 0.25) is 5.91 Å². The molecule has 0 aliphatic heterocycles. The van der Waals surface area contributed by atoms with Crippen molar-refractivity contribution in [1.29, 1.82) is 5.26 Å². The molecule has 0 heterocycles. The molecule has 2 unspecified atom stereocenters. The number of hydrogen-bond acceptors (Lipinski definition) is 7. The molecule has 3 amide bonds. The van der Waals surface area contributed by atoms with Crippen LogP contribution in [-0.2, 0) is 20.7 Å². The first-order valence-electron chi connectivity index (χ1n) is 13.8. The highest BCUT2D eigenvalue weighted by Gasteiger charge is 2.36. The molecule has 43 heavy (non-hydrogen) atoms. The topological polar surface area (TPSA) is 141 Å². The van der Waals surface area contributed by atoms with Crippen molar-refractivity contribution in [3.05, 3.63) is 89.0 Å². The van der Waals surface area contributed by atoms with Crippen LogP contribution in [0.1, 0.15) is 49.1 Å². The molecule has 0 saturated heterocycles. The van der Waals surface area contributed by atoms with E-state index in [0.717, 1.165) is 16.0 Å². The minimum Gasteiger partial charge on any atom is -0.508 e. The number of alkyl carbamates (subject to hydrolysis) is 1. The summed E-state index contributed by atoms with van der Waals surface area (Å²) in [5, 5.41) is 25.1. The number of methoxy groups -OCH3 is 1. The normalized spacial score (nSPS) is 12.3. The van der Waals surface area contributed by atoms with Crippen molar-refractivity contribution in [3.63, 3.8) is 0 Å². The molecule has 0 spiro atoms. The summed E-state index contributed by atoms with van der Waals surface area (Å²) in [6, 6.07) is 18.0. The zero-order chi connectivity index (χ0) is 31.7. The summed E-state index contributed by atoms with van der Waals surface area (Å²) in [5.41, 5.74) is 2.52. The van der Waals surface area contributed by atoms with Crippen molar-refractivity contribution in [2.24, 2.45) is 0 Å². The summed E-state index contributed by atoms with van der Waals surface area (Å²) < 4.78 is 10.6. The number of benzene rings is 3. The molecule has 0 aromatic heterocycles. The van der Waals surface area contributed by atoms with E-state index in [0.29, 0.717) is 22.6 Å². The Kier molecular flexibility index (Phi) is 10.7. The van der Waals surface area contributed by atoms with Gasteiger partial charge in [0.05, 0.1) is 13.2 Å². The molecule has 3 aromatic rings. The lowest BCUT2D eigenvalue weighted by atomic mass is 9.97. The van der Waals surface area contributed by atoms with Crippen LogP contribution < -0.4 is 15.4 Å². The van der Waals surface area contributed by atoms with Gasteiger partial charge in [0.25, 0.3) is 5.91 Å². The largest absolute Gasteiger partial charge is 0.508 e. The fraction of sp³-hybridized carbons (Fsp3) is 0.333. The Balaban J connectivity index is 2.07. The first-order chi connectivity index (χ1) is 20.3. The maximum Gasteiger partial charge on any atom is 0.408 e. The van der Waals surface area contributed by atoms with E-state index in [-0.39, 0.29) is 12.2 Å². The number of ether oxygens (including phenoxy) is 2. The summed E-state index contributed by atoms with van der Waals surface area (Å²) in [6.07, 6.45) is -0.813. The third kappa shape index (κ3) is 9.50. The molecule has 10 nitrogen and oxygen atoms in total. The van der Waals surface area contributed by atoms with Crippen LogP contribution in [0.4, 0.5) is 10.5 Å². The highest BCUT2D eigenvalue weighted by atomic mass is 16.6. The van der Waals surface area contributed by atoms with Crippen LogP contribution >= 0.6 is 0 Å². The Hall–Kier alpha value is -5.04. The van der Waals surface area contributed by atoms with Crippen molar-refractivity contribution in [3.8, 4) is 17.6 Å². The lowest BCUT2D eigenvalue weighted by Crippen LogP contribution is -2.53. The van der Waals surface area contributed by atoms with Gasteiger partial charge in [0.15, 0.2) is 0 Å². The van der Waals surface area contributed by atoms with Gasteiger partial charge in [0, 0.05) is 12.1 Å². The zero-order valence-electron chi connectivity index (χ0n) is 25.3. The van der Waals surface area contributed by atoms with Gasteiger partial charge >= 0.3 is 6.09 Å². The summed E-state index contributed by atoms with van der Waals surface area (Å²) in [4.78, 5) is 42.3. The number of nitriles is 1. The SMILES string of the molecule is COc1ccc(NC(=O)C(c2cc(C)cc(C)c2)N(CC#N)C(=O)C(Cc2ccc(O)cc2)NC(=O)OC(C)(C)C)cc1. The van der Waals surface area contributed by atoms with Crippen molar-refractivity contribution in [1.82, 2.24) is 10.2 Å². The molecule has 3 aromatic carbocycles. The van der Waals surface area contributed by atoms with E-state index in [1.54, 1.807) is 69.3 Å². The first-order valence-corrected chi connectivity index (χ1v) is 13.8. The minimum absolute atomic E-state index is 0.0138. The molecular formula is C33H38N4O6. The molecule has 0 bridgehead atoms. The van der Waals surface area contributed by atoms with Crippen LogP contribution in [0.2, 0.25) is 0 Å². The Labute approximate surface area is 252 Å². The zero-order valence-corrected chi connectivity index (χ0v) is 25.3. The highest BCUT2D eigenvalue weighted by molar-refractivity contribution is 5.99. The standard InChI is InChI=1S/C33H38N4O6/c1-21-17-22(2)19-24(18-21)29(30(39)35-25-9-13-27(42-6)14-10-25)37(16-15-34)31(40)28(36-32(41)43-33(3,4)5)20-23-7-11-26(38)12-8-23/h7-14,17-19,28-29,38H,16,20H2,1-6H3,(H,35,39)(H,36,41). The van der Waals surface area contributed by atoms with E-state index in [9.17, 15) is 24.8 Å². The fourth-order valence-electron chi connectivity index (χ4n) is 4.62. The number of anilines is 1. The van der Waals surface area contributed by atoms with E-state index in [4.69, 9.17) is 9.47 Å². The Morgan fingerprint density at radius 2 is 1.58 bits per heavy atom. The number of phenols is 1. The number of carbonyl (C=O) groups is 3. The number of rotatable bonds is 10. The van der Waals surface area contributed by atoms with Gasteiger partial charge in [-0.25, -0.2) is 4.79 Å².